The summed E-state index contributed by atoms with van der Waals surface area (Å²) >= 11 is 0. The molecule has 0 saturated heterocycles. The van der Waals surface area contributed by atoms with Gasteiger partial charge in [0.05, 0.1) is 0 Å². The quantitative estimate of drug-likeness (QED) is 0.452. The van der Waals surface area contributed by atoms with E-state index in [0.717, 1.165) is 17.5 Å². The Kier molecular flexibility index (Phi) is 4.65. The average molecular weight is 399 g/mol. The molecule has 30 heavy (non-hydrogen) atoms. The molecule has 0 bridgehead atoms. The van der Waals surface area contributed by atoms with Gasteiger partial charge in [0.1, 0.15) is 5.75 Å². The van der Waals surface area contributed by atoms with E-state index in [1.165, 1.54) is 38.9 Å². The van der Waals surface area contributed by atoms with Crippen molar-refractivity contribution < 1.29 is 5.11 Å². The molecule has 0 unspecified atom stereocenters. The molecule has 0 aromatic heterocycles. The first kappa shape index (κ1) is 20.7. The van der Waals surface area contributed by atoms with E-state index in [1.807, 2.05) is 6.08 Å². The van der Waals surface area contributed by atoms with E-state index in [-0.39, 0.29) is 16.7 Å². The summed E-state index contributed by atoms with van der Waals surface area (Å²) in [5.74, 6) is 0.721. The molecule has 4 rings (SSSR count). The van der Waals surface area contributed by atoms with Crippen molar-refractivity contribution in [3.05, 3.63) is 88.0 Å². The standard InChI is InChI=1S/C29H34O/c1-9-29(7,8)23-16-21-20(14-17(23)2)15-22-25(21)24(19-12-10-11-13-19)26(28(4,5)6)18(3)27(22)30/h9-14,16,19,30H,1,15H2,2-8H3. The maximum absolute atomic E-state index is 11.3. The van der Waals surface area contributed by atoms with Crippen molar-refractivity contribution >= 4 is 0 Å². The first-order valence-electron chi connectivity index (χ1n) is 11.0. The summed E-state index contributed by atoms with van der Waals surface area (Å²) in [7, 11) is 0. The van der Waals surface area contributed by atoms with E-state index in [9.17, 15) is 5.11 Å². The second kappa shape index (κ2) is 6.74. The molecule has 2 aromatic carbocycles. The fourth-order valence-corrected chi connectivity index (χ4v) is 5.50. The summed E-state index contributed by atoms with van der Waals surface area (Å²) in [5, 5.41) is 11.3. The zero-order valence-corrected chi connectivity index (χ0v) is 19.5. The number of hydrogen-bond donors (Lipinski definition) is 1. The molecule has 1 N–H and O–H groups in total. The van der Waals surface area contributed by atoms with Gasteiger partial charge >= 0.3 is 0 Å². The zero-order valence-electron chi connectivity index (χ0n) is 19.5. The Morgan fingerprint density at radius 2 is 1.67 bits per heavy atom. The topological polar surface area (TPSA) is 20.2 Å². The molecule has 156 valence electrons. The molecule has 2 aliphatic rings. The summed E-state index contributed by atoms with van der Waals surface area (Å²) in [5.41, 5.74) is 11.0. The second-order valence-electron chi connectivity index (χ2n) is 10.6. The largest absolute Gasteiger partial charge is 0.507 e. The van der Waals surface area contributed by atoms with Crippen molar-refractivity contribution in [2.24, 2.45) is 0 Å². The lowest BCUT2D eigenvalue weighted by molar-refractivity contribution is 0.460. The molecule has 1 nitrogen and oxygen atoms in total. The van der Waals surface area contributed by atoms with Gasteiger partial charge in [0.15, 0.2) is 0 Å². The molecule has 2 aliphatic carbocycles. The maximum atomic E-state index is 11.3. The van der Waals surface area contributed by atoms with Gasteiger partial charge in [-0.05, 0) is 69.8 Å². The molecule has 0 aliphatic heterocycles. The van der Waals surface area contributed by atoms with Crippen molar-refractivity contribution in [3.63, 3.8) is 0 Å². The van der Waals surface area contributed by atoms with Crippen LogP contribution in [0.4, 0.5) is 0 Å². The number of fused-ring (bicyclic) bond motifs is 3. The molecule has 0 heterocycles. The number of benzene rings is 2. The third kappa shape index (κ3) is 2.98. The summed E-state index contributed by atoms with van der Waals surface area (Å²) in [6, 6.07) is 4.69. The van der Waals surface area contributed by atoms with Crippen LogP contribution in [-0.2, 0) is 17.3 Å². The molecular formula is C29H34O. The van der Waals surface area contributed by atoms with Crippen LogP contribution in [0.1, 0.15) is 79.5 Å². The minimum absolute atomic E-state index is 0.0626. The number of phenols is 1. The number of allylic oxidation sites excluding steroid dienone is 5. The maximum Gasteiger partial charge on any atom is 0.122 e. The average Bonchev–Trinajstić information content (AvgIpc) is 3.30. The van der Waals surface area contributed by atoms with Crippen LogP contribution < -0.4 is 0 Å². The Labute approximate surface area is 181 Å². The lowest BCUT2D eigenvalue weighted by Gasteiger charge is -2.31. The van der Waals surface area contributed by atoms with Gasteiger partial charge in [0.25, 0.3) is 0 Å². The van der Waals surface area contributed by atoms with Crippen LogP contribution in [0.2, 0.25) is 0 Å². The zero-order chi connectivity index (χ0) is 22.0. The van der Waals surface area contributed by atoms with Crippen LogP contribution in [0.15, 0.2) is 49.1 Å². The third-order valence-corrected chi connectivity index (χ3v) is 6.98. The minimum atomic E-state index is -0.102. The van der Waals surface area contributed by atoms with Crippen LogP contribution in [0.3, 0.4) is 0 Å². The van der Waals surface area contributed by atoms with E-state index >= 15 is 0 Å². The molecule has 0 atom stereocenters. The highest BCUT2D eigenvalue weighted by molar-refractivity contribution is 5.86. The van der Waals surface area contributed by atoms with Gasteiger partial charge < -0.3 is 5.11 Å². The van der Waals surface area contributed by atoms with E-state index in [0.29, 0.717) is 5.75 Å². The first-order chi connectivity index (χ1) is 14.0. The fraction of sp³-hybridized carbons (Fsp3) is 0.379. The van der Waals surface area contributed by atoms with E-state index < -0.39 is 0 Å². The van der Waals surface area contributed by atoms with Crippen molar-refractivity contribution in [2.45, 2.75) is 71.6 Å². The summed E-state index contributed by atoms with van der Waals surface area (Å²) in [6.07, 6.45) is 11.7. The number of aryl methyl sites for hydroxylation is 1. The molecule has 0 spiro atoms. The third-order valence-electron chi connectivity index (χ3n) is 6.98. The second-order valence-corrected chi connectivity index (χ2v) is 10.6. The highest BCUT2D eigenvalue weighted by atomic mass is 16.3. The molecule has 0 radical (unpaired) electrons. The van der Waals surface area contributed by atoms with Gasteiger partial charge in [0, 0.05) is 23.3 Å². The first-order valence-corrected chi connectivity index (χ1v) is 11.0. The van der Waals surface area contributed by atoms with E-state index in [1.54, 1.807) is 0 Å². The number of phenolic OH excluding ortho intramolecular Hbond substituents is 1. The minimum Gasteiger partial charge on any atom is -0.507 e. The number of aromatic hydroxyl groups is 1. The number of rotatable bonds is 3. The highest BCUT2D eigenvalue weighted by Crippen LogP contribution is 2.53. The molecule has 0 amide bonds. The summed E-state index contributed by atoms with van der Waals surface area (Å²) in [4.78, 5) is 0. The smallest absolute Gasteiger partial charge is 0.122 e. The molecule has 1 heteroatoms. The van der Waals surface area contributed by atoms with Gasteiger partial charge in [-0.25, -0.2) is 0 Å². The predicted octanol–water partition coefficient (Wildman–Crippen LogP) is 7.55. The Bertz CT molecular complexity index is 1100. The predicted molar refractivity (Wildman–Crippen MR) is 129 cm³/mol. The Hall–Kier alpha value is -2.54. The summed E-state index contributed by atoms with van der Waals surface area (Å²) in [6.45, 7) is 19.6. The van der Waals surface area contributed by atoms with Gasteiger partial charge in [-0.2, -0.15) is 0 Å². The van der Waals surface area contributed by atoms with Crippen molar-refractivity contribution in [3.8, 4) is 16.9 Å². The van der Waals surface area contributed by atoms with Crippen LogP contribution in [0, 0.1) is 13.8 Å². The Morgan fingerprint density at radius 3 is 2.23 bits per heavy atom. The van der Waals surface area contributed by atoms with Gasteiger partial charge in [0.2, 0.25) is 0 Å². The molecule has 0 fully saturated rings. The van der Waals surface area contributed by atoms with Gasteiger partial charge in [-0.3, -0.25) is 0 Å². The summed E-state index contributed by atoms with van der Waals surface area (Å²) < 4.78 is 0. The van der Waals surface area contributed by atoms with Crippen LogP contribution >= 0.6 is 0 Å². The van der Waals surface area contributed by atoms with Crippen LogP contribution in [0.25, 0.3) is 11.1 Å². The Morgan fingerprint density at radius 1 is 1.03 bits per heavy atom. The molecular weight excluding hydrogens is 364 g/mol. The van der Waals surface area contributed by atoms with Crippen molar-refractivity contribution in [2.75, 3.05) is 0 Å². The van der Waals surface area contributed by atoms with Crippen molar-refractivity contribution in [1.82, 2.24) is 0 Å². The SMILES string of the molecule is C=CC(C)(C)c1cc2c(cc1C)Cc1c(O)c(C)c(C(C)(C)C)c(C3C=CC=C3)c1-2. The lowest BCUT2D eigenvalue weighted by atomic mass is 9.73. The molecule has 0 saturated carbocycles. The molecule has 2 aromatic rings. The highest BCUT2D eigenvalue weighted by Gasteiger charge is 2.35. The van der Waals surface area contributed by atoms with Gasteiger partial charge in [-0.1, -0.05) is 71.1 Å². The van der Waals surface area contributed by atoms with Crippen molar-refractivity contribution in [1.29, 1.82) is 0 Å². The van der Waals surface area contributed by atoms with Gasteiger partial charge in [-0.15, -0.1) is 6.58 Å². The van der Waals surface area contributed by atoms with E-state index in [2.05, 4.69) is 91.5 Å². The van der Waals surface area contributed by atoms with Crippen LogP contribution in [0.5, 0.6) is 5.75 Å². The fourth-order valence-electron chi connectivity index (χ4n) is 5.50. The Balaban J connectivity index is 2.12. The normalized spacial score (nSPS) is 15.6. The lowest BCUT2D eigenvalue weighted by Crippen LogP contribution is -2.19. The number of hydrogen-bond acceptors (Lipinski definition) is 1. The monoisotopic (exact) mass is 398 g/mol. The van der Waals surface area contributed by atoms with Crippen LogP contribution in [-0.4, -0.2) is 5.11 Å². The van der Waals surface area contributed by atoms with E-state index in [4.69, 9.17) is 0 Å².